The minimum Gasteiger partial charge on any atom is -0.488 e. The predicted octanol–water partition coefficient (Wildman–Crippen LogP) is 4.80. The zero-order chi connectivity index (χ0) is 13.8. The van der Waals surface area contributed by atoms with Gasteiger partial charge in [-0.25, -0.2) is 0 Å². The summed E-state index contributed by atoms with van der Waals surface area (Å²) >= 11 is 9.48. The Hall–Kier alpha value is -1.32. The molecule has 0 aliphatic rings. The topological polar surface area (TPSA) is 26.3 Å². The molecule has 0 amide bonds. The lowest BCUT2D eigenvalue weighted by atomic mass is 10.1. The SMILES string of the molecule is Cc1cccc(C=O)c1OCc1ccc(Br)cc1Cl. The summed E-state index contributed by atoms with van der Waals surface area (Å²) in [5.41, 5.74) is 2.36. The van der Waals surface area contributed by atoms with E-state index in [4.69, 9.17) is 16.3 Å². The zero-order valence-electron chi connectivity index (χ0n) is 10.3. The van der Waals surface area contributed by atoms with E-state index in [9.17, 15) is 4.79 Å². The van der Waals surface area contributed by atoms with Crippen molar-refractivity contribution in [3.63, 3.8) is 0 Å². The van der Waals surface area contributed by atoms with E-state index in [-0.39, 0.29) is 0 Å². The summed E-state index contributed by atoms with van der Waals surface area (Å²) in [4.78, 5) is 11.0. The van der Waals surface area contributed by atoms with Crippen LogP contribution in [0.2, 0.25) is 5.02 Å². The van der Waals surface area contributed by atoms with Crippen LogP contribution >= 0.6 is 27.5 Å². The largest absolute Gasteiger partial charge is 0.488 e. The summed E-state index contributed by atoms with van der Waals surface area (Å²) in [6.45, 7) is 2.24. The van der Waals surface area contributed by atoms with Crippen molar-refractivity contribution in [3.05, 3.63) is 62.6 Å². The molecule has 0 atom stereocenters. The third-order valence-electron chi connectivity index (χ3n) is 2.76. The molecule has 19 heavy (non-hydrogen) atoms. The molecule has 2 rings (SSSR count). The van der Waals surface area contributed by atoms with Gasteiger partial charge in [-0.1, -0.05) is 45.7 Å². The highest BCUT2D eigenvalue weighted by Gasteiger charge is 2.08. The molecule has 0 unspecified atom stereocenters. The van der Waals surface area contributed by atoms with Crippen LogP contribution in [0, 0.1) is 6.92 Å². The molecule has 4 heteroatoms. The lowest BCUT2D eigenvalue weighted by Crippen LogP contribution is -2.00. The fourth-order valence-electron chi connectivity index (χ4n) is 1.75. The third kappa shape index (κ3) is 3.37. The van der Waals surface area contributed by atoms with Gasteiger partial charge in [0.2, 0.25) is 0 Å². The van der Waals surface area contributed by atoms with Crippen molar-refractivity contribution < 1.29 is 9.53 Å². The van der Waals surface area contributed by atoms with Gasteiger partial charge in [0.05, 0.1) is 5.56 Å². The number of aldehydes is 1. The lowest BCUT2D eigenvalue weighted by molar-refractivity contribution is 0.111. The summed E-state index contributed by atoms with van der Waals surface area (Å²) < 4.78 is 6.66. The van der Waals surface area contributed by atoms with Crippen molar-refractivity contribution >= 4 is 33.8 Å². The van der Waals surface area contributed by atoms with Crippen LogP contribution in [0.1, 0.15) is 21.5 Å². The van der Waals surface area contributed by atoms with Crippen LogP contribution in [0.3, 0.4) is 0 Å². The summed E-state index contributed by atoms with van der Waals surface area (Å²) in [7, 11) is 0. The number of carbonyl (C=O) groups excluding carboxylic acids is 1. The predicted molar refractivity (Wildman–Crippen MR) is 80.1 cm³/mol. The van der Waals surface area contributed by atoms with Gasteiger partial charge in [0.15, 0.2) is 6.29 Å². The Morgan fingerprint density at radius 1 is 1.32 bits per heavy atom. The summed E-state index contributed by atoms with van der Waals surface area (Å²) in [5.74, 6) is 0.608. The standard InChI is InChI=1S/C15H12BrClO2/c1-10-3-2-4-11(8-18)15(10)19-9-12-5-6-13(16)7-14(12)17/h2-8H,9H2,1H3. The normalized spacial score (nSPS) is 10.3. The van der Waals surface area contributed by atoms with Crippen LogP contribution < -0.4 is 4.74 Å². The molecule has 0 N–H and O–H groups in total. The van der Waals surface area contributed by atoms with E-state index in [0.717, 1.165) is 21.9 Å². The molecule has 0 aliphatic carbocycles. The number of para-hydroxylation sites is 1. The van der Waals surface area contributed by atoms with E-state index in [1.807, 2.05) is 37.3 Å². The molecule has 0 bridgehead atoms. The van der Waals surface area contributed by atoms with Crippen LogP contribution in [0.25, 0.3) is 0 Å². The van der Waals surface area contributed by atoms with Crippen molar-refractivity contribution in [2.75, 3.05) is 0 Å². The number of hydrogen-bond donors (Lipinski definition) is 0. The van der Waals surface area contributed by atoms with Gasteiger partial charge in [0.25, 0.3) is 0 Å². The van der Waals surface area contributed by atoms with E-state index in [1.165, 1.54) is 0 Å². The van der Waals surface area contributed by atoms with Crippen LogP contribution in [0.4, 0.5) is 0 Å². The second-order valence-electron chi connectivity index (χ2n) is 4.14. The van der Waals surface area contributed by atoms with E-state index < -0.39 is 0 Å². The van der Waals surface area contributed by atoms with E-state index in [2.05, 4.69) is 15.9 Å². The Labute approximate surface area is 125 Å². The fourth-order valence-corrected chi connectivity index (χ4v) is 2.48. The molecule has 0 spiro atoms. The van der Waals surface area contributed by atoms with E-state index in [1.54, 1.807) is 6.07 Å². The maximum Gasteiger partial charge on any atom is 0.153 e. The minimum absolute atomic E-state index is 0.331. The quantitative estimate of drug-likeness (QED) is 0.748. The molecule has 0 fully saturated rings. The molecule has 98 valence electrons. The number of halogens is 2. The van der Waals surface area contributed by atoms with Gasteiger partial charge in [0.1, 0.15) is 12.4 Å². The van der Waals surface area contributed by atoms with Crippen molar-refractivity contribution in [3.8, 4) is 5.75 Å². The second kappa shape index (κ2) is 6.22. The summed E-state index contributed by atoms with van der Waals surface area (Å²) in [5, 5.41) is 0.635. The van der Waals surface area contributed by atoms with Crippen LogP contribution in [-0.4, -0.2) is 6.29 Å². The Bertz CT molecular complexity index is 611. The number of ether oxygens (including phenoxy) is 1. The molecular weight excluding hydrogens is 328 g/mol. The first-order chi connectivity index (χ1) is 9.11. The van der Waals surface area contributed by atoms with E-state index in [0.29, 0.717) is 22.9 Å². The van der Waals surface area contributed by atoms with Gasteiger partial charge in [-0.15, -0.1) is 0 Å². The van der Waals surface area contributed by atoms with Crippen molar-refractivity contribution in [2.24, 2.45) is 0 Å². The van der Waals surface area contributed by atoms with Gasteiger partial charge >= 0.3 is 0 Å². The maximum absolute atomic E-state index is 11.0. The molecule has 0 saturated heterocycles. The number of hydrogen-bond acceptors (Lipinski definition) is 2. The smallest absolute Gasteiger partial charge is 0.153 e. The average molecular weight is 340 g/mol. The van der Waals surface area contributed by atoms with Gasteiger partial charge in [-0.2, -0.15) is 0 Å². The van der Waals surface area contributed by atoms with Gasteiger partial charge in [-0.05, 0) is 30.7 Å². The van der Waals surface area contributed by atoms with Crippen LogP contribution in [0.5, 0.6) is 5.75 Å². The first kappa shape index (κ1) is 14.1. The number of carbonyl (C=O) groups is 1. The second-order valence-corrected chi connectivity index (χ2v) is 5.46. The first-order valence-electron chi connectivity index (χ1n) is 5.73. The number of aryl methyl sites for hydroxylation is 1. The molecular formula is C15H12BrClO2. The highest BCUT2D eigenvalue weighted by Crippen LogP contribution is 2.26. The molecule has 2 nitrogen and oxygen atoms in total. The highest BCUT2D eigenvalue weighted by atomic mass is 79.9. The van der Waals surface area contributed by atoms with Crippen molar-refractivity contribution in [1.82, 2.24) is 0 Å². The Balaban J connectivity index is 2.21. The van der Waals surface area contributed by atoms with E-state index >= 15 is 0 Å². The van der Waals surface area contributed by atoms with Crippen molar-refractivity contribution in [1.29, 1.82) is 0 Å². The molecule has 0 aliphatic heterocycles. The third-order valence-corrected chi connectivity index (χ3v) is 3.60. The zero-order valence-corrected chi connectivity index (χ0v) is 12.7. The Morgan fingerprint density at radius 2 is 2.11 bits per heavy atom. The summed E-state index contributed by atoms with van der Waals surface area (Å²) in [6, 6.07) is 11.1. The molecule has 2 aromatic carbocycles. The van der Waals surface area contributed by atoms with Gasteiger partial charge < -0.3 is 4.74 Å². The monoisotopic (exact) mass is 338 g/mol. The average Bonchev–Trinajstić information content (AvgIpc) is 2.39. The Morgan fingerprint density at radius 3 is 2.79 bits per heavy atom. The minimum atomic E-state index is 0.331. The molecule has 0 saturated carbocycles. The molecule has 0 aromatic heterocycles. The maximum atomic E-state index is 11.0. The molecule has 0 heterocycles. The lowest BCUT2D eigenvalue weighted by Gasteiger charge is -2.12. The fraction of sp³-hybridized carbons (Fsp3) is 0.133. The molecule has 2 aromatic rings. The van der Waals surface area contributed by atoms with Gasteiger partial charge in [-0.3, -0.25) is 4.79 Å². The first-order valence-corrected chi connectivity index (χ1v) is 6.90. The number of rotatable bonds is 4. The number of benzene rings is 2. The Kier molecular flexibility index (Phi) is 4.61. The summed E-state index contributed by atoms with van der Waals surface area (Å²) in [6.07, 6.45) is 0.797. The van der Waals surface area contributed by atoms with Crippen LogP contribution in [0.15, 0.2) is 40.9 Å². The molecule has 0 radical (unpaired) electrons. The van der Waals surface area contributed by atoms with Crippen molar-refractivity contribution in [2.45, 2.75) is 13.5 Å². The highest BCUT2D eigenvalue weighted by molar-refractivity contribution is 9.10. The van der Waals surface area contributed by atoms with Gasteiger partial charge in [0, 0.05) is 15.1 Å². The van der Waals surface area contributed by atoms with Crippen LogP contribution in [-0.2, 0) is 6.61 Å².